The number of guanidine groups is 1. The van der Waals surface area contributed by atoms with Gasteiger partial charge in [0.25, 0.3) is 0 Å². The first kappa shape index (κ1) is 104. The number of nitrogens with two attached hydrogens (primary N) is 8. The third-order valence-corrected chi connectivity index (χ3v) is 19.4. The molecule has 0 aliphatic rings. The smallest absolute Gasteiger partial charge is 0.245 e. The molecule has 124 heavy (non-hydrogen) atoms. The number of hydrogen-bond acceptors (Lipinski definition) is 24. The number of aromatic nitrogens is 3. The molecule has 0 bridgehead atoms. The Kier molecular flexibility index (Phi) is 45.0. The van der Waals surface area contributed by atoms with E-state index in [1.807, 2.05) is 0 Å². The molecule has 0 aliphatic heterocycles. The number of fused-ring (bicyclic) bond motifs is 1. The van der Waals surface area contributed by atoms with Crippen molar-refractivity contribution in [1.82, 2.24) is 89.4 Å². The minimum Gasteiger partial charge on any atom is -0.394 e. The molecule has 0 fully saturated rings. The summed E-state index contributed by atoms with van der Waals surface area (Å²) in [6, 6.07) is -4.48. The number of aromatic amines is 2. The highest BCUT2D eigenvalue weighted by molar-refractivity contribution is 6.01. The number of aliphatic hydroxyl groups excluding tert-OH is 2. The van der Waals surface area contributed by atoms with Gasteiger partial charge in [-0.25, -0.2) is 4.98 Å². The van der Waals surface area contributed by atoms with Gasteiger partial charge in [0.05, 0.1) is 50.8 Å². The maximum atomic E-state index is 15.0. The molecule has 0 radical (unpaired) electrons. The third kappa shape index (κ3) is 36.9. The van der Waals surface area contributed by atoms with Crippen molar-refractivity contribution in [3.05, 3.63) is 90.1 Å². The van der Waals surface area contributed by atoms with Crippen LogP contribution in [0.1, 0.15) is 135 Å². The van der Waals surface area contributed by atoms with Gasteiger partial charge in [-0.2, -0.15) is 0 Å². The Labute approximate surface area is 716 Å². The van der Waals surface area contributed by atoms with Gasteiger partial charge in [-0.3, -0.25) is 86.5 Å². The zero-order valence-corrected chi connectivity index (χ0v) is 70.6. The van der Waals surface area contributed by atoms with E-state index in [1.54, 1.807) is 102 Å². The summed E-state index contributed by atoms with van der Waals surface area (Å²) in [5.41, 5.74) is 46.6. The summed E-state index contributed by atoms with van der Waals surface area (Å²) in [5.74, 6) is -18.0. The van der Waals surface area contributed by atoms with Crippen molar-refractivity contribution >= 4 is 117 Å². The number of carbonyl (C=O) groups is 17. The molecule has 4 rings (SSSR count). The minimum absolute atomic E-state index is 0.00355. The lowest BCUT2D eigenvalue weighted by Crippen LogP contribution is -2.61. The molecule has 45 heteroatoms. The molecule has 45 nitrogen and oxygen atoms in total. The molecule has 17 amide bonds. The number of carbonyl (C=O) groups excluding carboxylic acids is 17. The first-order valence-corrected chi connectivity index (χ1v) is 40.8. The van der Waals surface area contributed by atoms with Gasteiger partial charge in [-0.1, -0.05) is 90.1 Å². The number of imidazole rings is 1. The van der Waals surface area contributed by atoms with Crippen LogP contribution in [-0.2, 0) is 101 Å². The summed E-state index contributed by atoms with van der Waals surface area (Å²) >= 11 is 0. The largest absolute Gasteiger partial charge is 0.394 e. The van der Waals surface area contributed by atoms with Gasteiger partial charge in [-0.15, -0.1) is 0 Å². The minimum atomic E-state index is -1.79. The van der Waals surface area contributed by atoms with Crippen LogP contribution in [0.15, 0.2) is 78.3 Å². The predicted molar refractivity (Wildman–Crippen MR) is 452 cm³/mol. The van der Waals surface area contributed by atoms with E-state index in [9.17, 15) is 91.7 Å². The second kappa shape index (κ2) is 53.9. The molecule has 2 aromatic heterocycles. The molecular weight excluding hydrogens is 1620 g/mol. The van der Waals surface area contributed by atoms with Gasteiger partial charge in [0, 0.05) is 55.5 Å². The fraction of sp³-hybridized carbons (Fsp3) is 0.557. The van der Waals surface area contributed by atoms with Crippen LogP contribution in [0.2, 0.25) is 0 Å². The van der Waals surface area contributed by atoms with Crippen molar-refractivity contribution in [3.8, 4) is 0 Å². The van der Waals surface area contributed by atoms with Gasteiger partial charge in [0.1, 0.15) is 72.5 Å². The molecular formula is C79H124N26O19. The van der Waals surface area contributed by atoms with Gasteiger partial charge in [-0.05, 0) is 112 Å². The molecule has 2 heterocycles. The highest BCUT2D eigenvalue weighted by Gasteiger charge is 2.39. The van der Waals surface area contributed by atoms with Crippen molar-refractivity contribution in [2.75, 3.05) is 45.9 Å². The lowest BCUT2D eigenvalue weighted by molar-refractivity contribution is -0.136. The number of rotatable bonds is 58. The Hall–Kier alpha value is -12.8. The molecule has 34 N–H and O–H groups in total. The molecule has 0 saturated carbocycles. The van der Waals surface area contributed by atoms with Crippen LogP contribution in [0.5, 0.6) is 0 Å². The second-order valence-corrected chi connectivity index (χ2v) is 30.8. The molecule has 0 aliphatic carbocycles. The van der Waals surface area contributed by atoms with Gasteiger partial charge in [0.2, 0.25) is 100 Å². The van der Waals surface area contributed by atoms with E-state index in [2.05, 4.69) is 94.4 Å². The summed E-state index contributed by atoms with van der Waals surface area (Å²) in [6.45, 7) is 6.66. The maximum absolute atomic E-state index is 15.0. The van der Waals surface area contributed by atoms with Crippen LogP contribution in [0, 0.1) is 17.8 Å². The van der Waals surface area contributed by atoms with Crippen molar-refractivity contribution < 1.29 is 91.7 Å². The zero-order chi connectivity index (χ0) is 92.3. The number of para-hydroxylation sites is 1. The number of H-pyrrole nitrogens is 2. The Bertz CT molecular complexity index is 4260. The number of aliphatic hydroxyl groups is 2. The quantitative estimate of drug-likeness (QED) is 0.0111. The van der Waals surface area contributed by atoms with Crippen molar-refractivity contribution in [2.45, 2.75) is 216 Å². The summed E-state index contributed by atoms with van der Waals surface area (Å²) in [6.07, 6.45) is 2.58. The lowest BCUT2D eigenvalue weighted by atomic mass is 9.98. The lowest BCUT2D eigenvalue weighted by Gasteiger charge is -2.29. The molecule has 13 atom stereocenters. The van der Waals surface area contributed by atoms with E-state index in [0.29, 0.717) is 34.9 Å². The average molecular weight is 1740 g/mol. The first-order valence-electron chi connectivity index (χ1n) is 40.8. The predicted octanol–water partition coefficient (Wildman–Crippen LogP) is -8.42. The van der Waals surface area contributed by atoms with E-state index in [1.165, 1.54) is 12.5 Å². The number of primary amides is 3. The number of nitrogens with one attached hydrogen (secondary N) is 16. The molecule has 684 valence electrons. The number of amides is 17. The van der Waals surface area contributed by atoms with Gasteiger partial charge < -0.3 is 140 Å². The van der Waals surface area contributed by atoms with Crippen LogP contribution in [0.3, 0.4) is 0 Å². The summed E-state index contributed by atoms with van der Waals surface area (Å²) in [4.78, 5) is 248. The van der Waals surface area contributed by atoms with E-state index < -0.39 is 236 Å². The number of unbranched alkanes of at least 4 members (excludes halogenated alkanes) is 2. The highest BCUT2D eigenvalue weighted by atomic mass is 16.3. The van der Waals surface area contributed by atoms with E-state index >= 15 is 0 Å². The van der Waals surface area contributed by atoms with Crippen LogP contribution in [0.25, 0.3) is 10.9 Å². The molecule has 0 unspecified atom stereocenters. The van der Waals surface area contributed by atoms with Crippen molar-refractivity contribution in [3.63, 3.8) is 0 Å². The normalized spacial score (nSPS) is 14.3. The van der Waals surface area contributed by atoms with Crippen LogP contribution in [0.4, 0.5) is 0 Å². The zero-order valence-electron chi connectivity index (χ0n) is 70.6. The summed E-state index contributed by atoms with van der Waals surface area (Å²) in [7, 11) is 0. The number of hydrogen-bond donors (Lipinski definition) is 26. The van der Waals surface area contributed by atoms with E-state index in [0.717, 1.165) is 0 Å². The standard InChI is InChI=1S/C79H124N26O19/c1-41(2)29-54(101-77(123)64(42(3)4)105-78(124)65(43(5)6)104-76(122)59(39-107)102-66(112)48(82)33-61(84)109)67(113)92-37-63(111)94-50(21-12-14-26-80)69(115)95-51(22-13-15-27-81)70(116)97-53(24-25-60(83)108)72(118)96-52(23-16-28-89-79(86)87)71(117)98-55(30-44-17-8-7-9-18-44)73(119)100-57(32-46-35-88-40-93-46)74(120)103-58(38-106)75(121)99-56(68(114)91-36-62(85)110)31-45-34-90-49-20-11-10-19-47(45)49/h7-11,17-20,34-35,40-43,48,50-59,64-65,90,106-107H,12-16,21-33,36-39,80-82H2,1-6H3,(H2,83,108)(H2,84,109)(H2,85,110)(H,88,93)(H,91,114)(H,92,113)(H,94,111)(H,95,115)(H,96,118)(H,97,116)(H,98,117)(H,99,121)(H,100,119)(H,101,123)(H,102,112)(H,103,120)(H,104,122)(H,105,124)(H4,86,87,89)/t48-,50-,51-,52-,53-,54-,55-,56-,57-,58-,59-,64-,65-/m0/s1. The number of aliphatic imine (C=N–C) groups is 1. The molecule has 0 saturated heterocycles. The second-order valence-electron chi connectivity index (χ2n) is 30.8. The van der Waals surface area contributed by atoms with Crippen LogP contribution < -0.4 is 120 Å². The van der Waals surface area contributed by atoms with Crippen molar-refractivity contribution in [1.29, 1.82) is 0 Å². The molecule has 0 spiro atoms. The SMILES string of the molecule is CC(C)C[C@H](NC(=O)[C@@H](NC(=O)[C@@H](NC(=O)[C@H](CO)NC(=O)[C@@H](N)CC(N)=O)C(C)C)C(C)C)C(=O)NCC(=O)N[C@@H](CCCCN)C(=O)N[C@@H](CCCCN)C(=O)N[C@@H](CCC(N)=O)C(=O)N[C@@H](CCCN=C(N)N)C(=O)N[C@@H](Cc1ccccc1)C(=O)N[C@@H](Cc1c[nH]cn1)C(=O)N[C@@H](CO)C(=O)N[C@@H](Cc1c[nH]c2ccccc12)C(=O)NCC(N)=O. The van der Waals surface area contributed by atoms with Gasteiger partial charge in [0.15, 0.2) is 5.96 Å². The summed E-state index contributed by atoms with van der Waals surface area (Å²) < 4.78 is 0. The maximum Gasteiger partial charge on any atom is 0.245 e. The number of benzene rings is 2. The number of nitrogens with zero attached hydrogens (tertiary/aromatic N) is 2. The van der Waals surface area contributed by atoms with E-state index in [-0.39, 0.29) is 101 Å². The third-order valence-electron chi connectivity index (χ3n) is 19.4. The fourth-order valence-corrected chi connectivity index (χ4v) is 12.7. The Morgan fingerprint density at radius 3 is 1.36 bits per heavy atom. The van der Waals surface area contributed by atoms with Crippen LogP contribution in [-0.4, -0.2) is 256 Å². The summed E-state index contributed by atoms with van der Waals surface area (Å²) in [5, 5.41) is 56.7. The fourth-order valence-electron chi connectivity index (χ4n) is 12.7. The van der Waals surface area contributed by atoms with Gasteiger partial charge >= 0.3 is 0 Å². The Balaban J connectivity index is 1.60. The average Bonchev–Trinajstić information content (AvgIpc) is 1.61. The van der Waals surface area contributed by atoms with Crippen molar-refractivity contribution in [2.24, 2.45) is 68.6 Å². The van der Waals surface area contributed by atoms with Crippen LogP contribution >= 0.6 is 0 Å². The molecule has 2 aromatic carbocycles. The molecule has 4 aromatic rings. The highest BCUT2D eigenvalue weighted by Crippen LogP contribution is 2.21. The first-order chi connectivity index (χ1) is 58.8. The Morgan fingerprint density at radius 1 is 0.427 bits per heavy atom. The Morgan fingerprint density at radius 2 is 0.863 bits per heavy atom. The van der Waals surface area contributed by atoms with E-state index in [4.69, 9.17) is 45.9 Å². The monoisotopic (exact) mass is 1740 g/mol. The topological polar surface area (TPSA) is 764 Å².